The molecule has 4 aromatic carbocycles. The van der Waals surface area contributed by atoms with Gasteiger partial charge in [0, 0.05) is 6.42 Å². The molecule has 0 radical (unpaired) electrons. The SMILES string of the molecule is CCOP(=O)(CC(=O)OC(Cc1ccc(OCc2ccccc2)c(OCc2ccccc2)c1)C(=O)OCc1ccccc1)OCC. The second-order valence-electron chi connectivity index (χ2n) is 10.2. The Hall–Kier alpha value is -4.43. The first-order valence-electron chi connectivity index (χ1n) is 15.1. The van der Waals surface area contributed by atoms with Gasteiger partial charge in [0.2, 0.25) is 6.10 Å². The van der Waals surface area contributed by atoms with Crippen molar-refractivity contribution in [1.29, 1.82) is 0 Å². The van der Waals surface area contributed by atoms with Crippen LogP contribution in [0.3, 0.4) is 0 Å². The van der Waals surface area contributed by atoms with Gasteiger partial charge in [0.15, 0.2) is 11.5 Å². The van der Waals surface area contributed by atoms with Crippen LogP contribution in [0.25, 0.3) is 0 Å². The van der Waals surface area contributed by atoms with Gasteiger partial charge in [0.25, 0.3) is 0 Å². The molecule has 242 valence electrons. The fourth-order valence-electron chi connectivity index (χ4n) is 4.47. The van der Waals surface area contributed by atoms with Gasteiger partial charge in [0.1, 0.15) is 26.0 Å². The van der Waals surface area contributed by atoms with Gasteiger partial charge in [0.05, 0.1) is 13.2 Å². The molecule has 1 atom stereocenters. The standard InChI is InChI=1S/C36H39O9P/c1-3-43-46(39,44-4-2)27-35(37)45-34(36(38)42-26-30-18-12-7-13-19-30)23-31-20-21-32(40-24-28-14-8-5-9-15-28)33(22-31)41-25-29-16-10-6-11-17-29/h5-22,34H,3-4,23-27H2,1-2H3. The van der Waals surface area contributed by atoms with Crippen LogP contribution >= 0.6 is 7.60 Å². The average Bonchev–Trinajstić information content (AvgIpc) is 3.07. The van der Waals surface area contributed by atoms with Gasteiger partial charge in [-0.15, -0.1) is 0 Å². The Morgan fingerprint density at radius 2 is 1.13 bits per heavy atom. The fourth-order valence-corrected chi connectivity index (χ4v) is 5.90. The molecule has 0 bridgehead atoms. The van der Waals surface area contributed by atoms with Crippen LogP contribution in [0.1, 0.15) is 36.1 Å². The Balaban J connectivity index is 1.55. The maximum absolute atomic E-state index is 13.3. The molecule has 1 unspecified atom stereocenters. The summed E-state index contributed by atoms with van der Waals surface area (Å²) in [6.07, 6.45) is -2.02. The van der Waals surface area contributed by atoms with Gasteiger partial charge in [-0.05, 0) is 48.2 Å². The van der Waals surface area contributed by atoms with Crippen molar-refractivity contribution in [2.45, 2.75) is 46.2 Å². The summed E-state index contributed by atoms with van der Waals surface area (Å²) >= 11 is 0. The first-order chi connectivity index (χ1) is 22.4. The molecule has 0 saturated carbocycles. The van der Waals surface area contributed by atoms with Crippen molar-refractivity contribution < 1.29 is 42.1 Å². The Bertz CT molecular complexity index is 1550. The number of esters is 2. The third-order valence-corrected chi connectivity index (χ3v) is 8.59. The molecule has 46 heavy (non-hydrogen) atoms. The molecule has 0 aromatic heterocycles. The third-order valence-electron chi connectivity index (χ3n) is 6.64. The Morgan fingerprint density at radius 3 is 1.65 bits per heavy atom. The maximum Gasteiger partial charge on any atom is 0.348 e. The topological polar surface area (TPSA) is 107 Å². The number of hydrogen-bond donors (Lipinski definition) is 0. The van der Waals surface area contributed by atoms with Crippen molar-refractivity contribution >= 4 is 19.5 Å². The number of hydrogen-bond acceptors (Lipinski definition) is 9. The summed E-state index contributed by atoms with van der Waals surface area (Å²) in [6.45, 7) is 4.05. The predicted molar refractivity (Wildman–Crippen MR) is 174 cm³/mol. The van der Waals surface area contributed by atoms with Crippen molar-refractivity contribution in [3.63, 3.8) is 0 Å². The molecule has 0 spiro atoms. The molecule has 0 aliphatic rings. The molecule has 0 aliphatic carbocycles. The van der Waals surface area contributed by atoms with Gasteiger partial charge in [-0.25, -0.2) is 4.79 Å². The van der Waals surface area contributed by atoms with Crippen LogP contribution in [0, 0.1) is 0 Å². The normalized spacial score (nSPS) is 11.8. The molecule has 0 saturated heterocycles. The van der Waals surface area contributed by atoms with Crippen LogP contribution in [0.2, 0.25) is 0 Å². The van der Waals surface area contributed by atoms with Crippen molar-refractivity contribution in [3.8, 4) is 11.5 Å². The zero-order valence-corrected chi connectivity index (χ0v) is 26.9. The van der Waals surface area contributed by atoms with E-state index < -0.39 is 31.8 Å². The molecule has 0 heterocycles. The lowest BCUT2D eigenvalue weighted by Crippen LogP contribution is -2.32. The molecule has 0 amide bonds. The quantitative estimate of drug-likeness (QED) is 0.0813. The van der Waals surface area contributed by atoms with Crippen LogP contribution in [-0.2, 0) is 58.9 Å². The number of carbonyl (C=O) groups excluding carboxylic acids is 2. The predicted octanol–water partition coefficient (Wildman–Crippen LogP) is 7.31. The minimum atomic E-state index is -3.76. The molecular weight excluding hydrogens is 607 g/mol. The summed E-state index contributed by atoms with van der Waals surface area (Å²) in [5, 5.41) is 0. The summed E-state index contributed by atoms with van der Waals surface area (Å²) < 4.78 is 46.9. The van der Waals surface area contributed by atoms with E-state index in [2.05, 4.69) is 0 Å². The largest absolute Gasteiger partial charge is 0.485 e. The van der Waals surface area contributed by atoms with E-state index in [0.717, 1.165) is 16.7 Å². The van der Waals surface area contributed by atoms with Crippen LogP contribution in [0.4, 0.5) is 0 Å². The summed E-state index contributed by atoms with van der Waals surface area (Å²) in [7, 11) is -3.76. The van der Waals surface area contributed by atoms with E-state index in [9.17, 15) is 14.2 Å². The first-order valence-corrected chi connectivity index (χ1v) is 16.8. The number of carbonyl (C=O) groups is 2. The molecule has 4 aromatic rings. The lowest BCUT2D eigenvalue weighted by atomic mass is 10.1. The highest BCUT2D eigenvalue weighted by Crippen LogP contribution is 2.48. The monoisotopic (exact) mass is 646 g/mol. The number of ether oxygens (including phenoxy) is 4. The van der Waals surface area contributed by atoms with Gasteiger partial charge >= 0.3 is 19.5 Å². The second-order valence-corrected chi connectivity index (χ2v) is 12.3. The van der Waals surface area contributed by atoms with Gasteiger partial charge in [-0.1, -0.05) is 97.1 Å². The second kappa shape index (κ2) is 17.9. The Morgan fingerprint density at radius 1 is 0.630 bits per heavy atom. The molecule has 4 rings (SSSR count). The lowest BCUT2D eigenvalue weighted by Gasteiger charge is -2.20. The van der Waals surface area contributed by atoms with Crippen molar-refractivity contribution in [2.24, 2.45) is 0 Å². The van der Waals surface area contributed by atoms with Crippen molar-refractivity contribution in [2.75, 3.05) is 19.4 Å². The van der Waals surface area contributed by atoms with Crippen LogP contribution in [-0.4, -0.2) is 37.4 Å². The number of rotatable bonds is 18. The minimum absolute atomic E-state index is 0.0121. The highest BCUT2D eigenvalue weighted by Gasteiger charge is 2.32. The summed E-state index contributed by atoms with van der Waals surface area (Å²) in [5.74, 6) is -0.693. The van der Waals surface area contributed by atoms with E-state index in [1.54, 1.807) is 32.0 Å². The zero-order valence-electron chi connectivity index (χ0n) is 26.0. The van der Waals surface area contributed by atoms with E-state index in [1.165, 1.54) is 0 Å². The molecule has 9 nitrogen and oxygen atoms in total. The highest BCUT2D eigenvalue weighted by atomic mass is 31.2. The van der Waals surface area contributed by atoms with Crippen molar-refractivity contribution in [1.82, 2.24) is 0 Å². The van der Waals surface area contributed by atoms with E-state index in [-0.39, 0.29) is 32.8 Å². The van der Waals surface area contributed by atoms with E-state index in [1.807, 2.05) is 91.0 Å². The van der Waals surface area contributed by atoms with Gasteiger partial charge in [-0.2, -0.15) is 0 Å². The Kier molecular flexibility index (Phi) is 13.4. The van der Waals surface area contributed by atoms with Gasteiger partial charge < -0.3 is 28.0 Å². The molecule has 0 N–H and O–H groups in total. The molecule has 0 fully saturated rings. The van der Waals surface area contributed by atoms with Gasteiger partial charge in [-0.3, -0.25) is 9.36 Å². The van der Waals surface area contributed by atoms with E-state index in [0.29, 0.717) is 23.7 Å². The average molecular weight is 647 g/mol. The third kappa shape index (κ3) is 11.2. The van der Waals surface area contributed by atoms with Crippen molar-refractivity contribution in [3.05, 3.63) is 131 Å². The lowest BCUT2D eigenvalue weighted by molar-refractivity contribution is -0.167. The number of benzene rings is 4. The zero-order chi connectivity index (χ0) is 32.6. The van der Waals surface area contributed by atoms with E-state index in [4.69, 9.17) is 28.0 Å². The fraction of sp³-hybridized carbons (Fsp3) is 0.278. The maximum atomic E-state index is 13.3. The van der Waals surface area contributed by atoms with Crippen LogP contribution < -0.4 is 9.47 Å². The summed E-state index contributed by atoms with van der Waals surface area (Å²) in [4.78, 5) is 26.3. The molecule has 0 aliphatic heterocycles. The minimum Gasteiger partial charge on any atom is -0.485 e. The highest BCUT2D eigenvalue weighted by molar-refractivity contribution is 7.54. The van der Waals surface area contributed by atoms with E-state index >= 15 is 0 Å². The molecule has 10 heteroatoms. The summed E-state index contributed by atoms with van der Waals surface area (Å²) in [6, 6.07) is 33.9. The first kappa shape index (κ1) is 34.4. The summed E-state index contributed by atoms with van der Waals surface area (Å²) in [5.41, 5.74) is 3.35. The smallest absolute Gasteiger partial charge is 0.348 e. The van der Waals surface area contributed by atoms with Crippen LogP contribution in [0.5, 0.6) is 11.5 Å². The van der Waals surface area contributed by atoms with Crippen LogP contribution in [0.15, 0.2) is 109 Å². The Labute approximate surface area is 269 Å². The molecular formula is C36H39O9P.